The van der Waals surface area contributed by atoms with E-state index in [9.17, 15) is 13.5 Å². The second-order valence-corrected chi connectivity index (χ2v) is 4.76. The molecule has 0 unspecified atom stereocenters. The molecule has 4 N–H and O–H groups in total. The Kier molecular flexibility index (Phi) is 2.25. The molecule has 2 aromatic carbocycles. The van der Waals surface area contributed by atoms with E-state index in [0.29, 0.717) is 5.39 Å². The number of rotatable bonds is 1. The molecular weight excluding hydrogens is 230 g/mol. The third-order valence-electron chi connectivity index (χ3n) is 2.22. The first-order valence-electron chi connectivity index (χ1n) is 4.38. The highest BCUT2D eigenvalue weighted by atomic mass is 32.2. The van der Waals surface area contributed by atoms with Gasteiger partial charge in [-0.05, 0) is 23.6 Å². The third kappa shape index (κ3) is 1.68. The summed E-state index contributed by atoms with van der Waals surface area (Å²) in [7, 11) is -4.41. The van der Waals surface area contributed by atoms with Crippen LogP contribution in [0, 0.1) is 0 Å². The van der Waals surface area contributed by atoms with E-state index >= 15 is 0 Å². The largest absolute Gasteiger partial charge is 0.507 e. The molecule has 0 aliphatic heterocycles. The van der Waals surface area contributed by atoms with Gasteiger partial charge in [-0.3, -0.25) is 4.55 Å². The van der Waals surface area contributed by atoms with Gasteiger partial charge in [0.2, 0.25) is 0 Å². The van der Waals surface area contributed by atoms with E-state index in [1.54, 1.807) is 12.1 Å². The van der Waals surface area contributed by atoms with Crippen molar-refractivity contribution >= 4 is 26.6 Å². The summed E-state index contributed by atoms with van der Waals surface area (Å²) in [4.78, 5) is -0.388. The summed E-state index contributed by atoms with van der Waals surface area (Å²) in [6.07, 6.45) is 0. The highest BCUT2D eigenvalue weighted by Gasteiger charge is 2.17. The number of aromatic hydroxyl groups is 1. The van der Waals surface area contributed by atoms with E-state index in [0.717, 1.165) is 6.07 Å². The Morgan fingerprint density at radius 1 is 1.19 bits per heavy atom. The summed E-state index contributed by atoms with van der Waals surface area (Å²) >= 11 is 0. The predicted octanol–water partition coefficient (Wildman–Crippen LogP) is 1.37. The Morgan fingerprint density at radius 3 is 2.50 bits per heavy atom. The Morgan fingerprint density at radius 2 is 1.88 bits per heavy atom. The summed E-state index contributed by atoms with van der Waals surface area (Å²) in [5.74, 6) is -0.217. The summed E-state index contributed by atoms with van der Waals surface area (Å²) in [6, 6.07) is 7.12. The molecule has 0 fully saturated rings. The molecule has 6 heteroatoms. The first kappa shape index (κ1) is 10.7. The zero-order chi connectivity index (χ0) is 11.9. The van der Waals surface area contributed by atoms with Crippen molar-refractivity contribution in [3.05, 3.63) is 30.3 Å². The summed E-state index contributed by atoms with van der Waals surface area (Å²) in [6.45, 7) is 0. The molecule has 0 bridgehead atoms. The summed E-state index contributed by atoms with van der Waals surface area (Å²) < 4.78 is 31.3. The lowest BCUT2D eigenvalue weighted by atomic mass is 10.1. The molecule has 0 atom stereocenters. The fourth-order valence-electron chi connectivity index (χ4n) is 1.59. The minimum absolute atomic E-state index is 0.0687. The molecule has 0 aliphatic carbocycles. The lowest BCUT2D eigenvalue weighted by molar-refractivity contribution is 0.474. The Hall–Kier alpha value is -1.79. The van der Waals surface area contributed by atoms with Gasteiger partial charge in [-0.2, -0.15) is 8.42 Å². The molecule has 5 nitrogen and oxygen atoms in total. The van der Waals surface area contributed by atoms with Gasteiger partial charge in [-0.15, -0.1) is 0 Å². The monoisotopic (exact) mass is 239 g/mol. The van der Waals surface area contributed by atoms with E-state index in [2.05, 4.69) is 0 Å². The van der Waals surface area contributed by atoms with Crippen LogP contribution in [0.15, 0.2) is 35.2 Å². The molecule has 0 radical (unpaired) electrons. The Balaban J connectivity index is 3.03. The van der Waals surface area contributed by atoms with Crippen molar-refractivity contribution in [3.8, 4) is 5.75 Å². The van der Waals surface area contributed by atoms with Gasteiger partial charge in [-0.25, -0.2) is 0 Å². The second-order valence-electron chi connectivity index (χ2n) is 3.37. The number of hydrogen-bond donors (Lipinski definition) is 3. The first-order chi connectivity index (χ1) is 7.39. The number of phenols is 1. The topological polar surface area (TPSA) is 101 Å². The SMILES string of the molecule is Nc1cc(S(=O)(=O)O)c2c(O)cccc2c1. The van der Waals surface area contributed by atoms with Crippen LogP contribution >= 0.6 is 0 Å². The number of nitrogen functional groups attached to an aromatic ring is 1. The fraction of sp³-hybridized carbons (Fsp3) is 0. The summed E-state index contributed by atoms with van der Waals surface area (Å²) in [5.41, 5.74) is 5.71. The minimum Gasteiger partial charge on any atom is -0.507 e. The van der Waals surface area contributed by atoms with Crippen molar-refractivity contribution in [2.45, 2.75) is 4.90 Å². The fourth-order valence-corrected chi connectivity index (χ4v) is 2.36. The maximum absolute atomic E-state index is 11.1. The molecular formula is C10H9NO4S. The summed E-state index contributed by atoms with van der Waals surface area (Å²) in [5, 5.41) is 10.1. The van der Waals surface area contributed by atoms with Crippen LogP contribution in [-0.2, 0) is 10.1 Å². The first-order valence-corrected chi connectivity index (χ1v) is 5.82. The van der Waals surface area contributed by atoms with Gasteiger partial charge in [-0.1, -0.05) is 12.1 Å². The number of benzene rings is 2. The molecule has 0 aromatic heterocycles. The van der Waals surface area contributed by atoms with Gasteiger partial charge >= 0.3 is 0 Å². The second kappa shape index (κ2) is 3.36. The van der Waals surface area contributed by atoms with Gasteiger partial charge in [0.1, 0.15) is 10.6 Å². The highest BCUT2D eigenvalue weighted by molar-refractivity contribution is 7.86. The zero-order valence-electron chi connectivity index (χ0n) is 8.08. The van der Waals surface area contributed by atoms with E-state index in [-0.39, 0.29) is 21.7 Å². The average molecular weight is 239 g/mol. The normalized spacial score (nSPS) is 11.8. The van der Waals surface area contributed by atoms with E-state index in [4.69, 9.17) is 10.3 Å². The Labute approximate surface area is 91.9 Å². The molecule has 0 saturated heterocycles. The van der Waals surface area contributed by atoms with Crippen molar-refractivity contribution < 1.29 is 18.1 Å². The standard InChI is InChI=1S/C10H9NO4S/c11-7-4-6-2-1-3-8(12)10(6)9(5-7)16(13,14)15/h1-5,12H,11H2,(H,13,14,15). The smallest absolute Gasteiger partial charge is 0.295 e. The quantitative estimate of drug-likeness (QED) is 0.515. The van der Waals surface area contributed by atoms with Gasteiger partial charge < -0.3 is 10.8 Å². The lowest BCUT2D eigenvalue weighted by Crippen LogP contribution is -2.01. The van der Waals surface area contributed by atoms with Gasteiger partial charge in [0.25, 0.3) is 10.1 Å². The maximum atomic E-state index is 11.1. The number of fused-ring (bicyclic) bond motifs is 1. The van der Waals surface area contributed by atoms with Crippen LogP contribution in [0.4, 0.5) is 5.69 Å². The predicted molar refractivity (Wildman–Crippen MR) is 59.8 cm³/mol. The molecule has 16 heavy (non-hydrogen) atoms. The van der Waals surface area contributed by atoms with Gasteiger partial charge in [0, 0.05) is 11.1 Å². The van der Waals surface area contributed by atoms with Crippen LogP contribution in [0.3, 0.4) is 0 Å². The highest BCUT2D eigenvalue weighted by Crippen LogP contribution is 2.32. The van der Waals surface area contributed by atoms with Crippen LogP contribution < -0.4 is 5.73 Å². The van der Waals surface area contributed by atoms with Crippen LogP contribution in [-0.4, -0.2) is 18.1 Å². The third-order valence-corrected chi connectivity index (χ3v) is 3.10. The Bertz CT molecular complexity index is 664. The van der Waals surface area contributed by atoms with E-state index in [1.807, 2.05) is 0 Å². The van der Waals surface area contributed by atoms with Crippen LogP contribution in [0.2, 0.25) is 0 Å². The van der Waals surface area contributed by atoms with Crippen molar-refractivity contribution in [2.24, 2.45) is 0 Å². The van der Waals surface area contributed by atoms with Crippen molar-refractivity contribution in [3.63, 3.8) is 0 Å². The molecule has 2 aromatic rings. The molecule has 0 saturated carbocycles. The minimum atomic E-state index is -4.41. The number of anilines is 1. The molecule has 84 valence electrons. The van der Waals surface area contributed by atoms with Crippen LogP contribution in [0.25, 0.3) is 10.8 Å². The van der Waals surface area contributed by atoms with Crippen molar-refractivity contribution in [1.82, 2.24) is 0 Å². The number of nitrogens with two attached hydrogens (primary N) is 1. The molecule has 0 amide bonds. The van der Waals surface area contributed by atoms with Crippen LogP contribution in [0.5, 0.6) is 5.75 Å². The maximum Gasteiger partial charge on any atom is 0.295 e. The van der Waals surface area contributed by atoms with Gasteiger partial charge in [0.05, 0.1) is 0 Å². The number of hydrogen-bond acceptors (Lipinski definition) is 4. The van der Waals surface area contributed by atoms with E-state index in [1.165, 1.54) is 12.1 Å². The average Bonchev–Trinajstić information content (AvgIpc) is 2.15. The van der Waals surface area contributed by atoms with Crippen LogP contribution in [0.1, 0.15) is 0 Å². The number of phenolic OH excluding ortho intramolecular Hbond substituents is 1. The molecule has 0 heterocycles. The molecule has 0 spiro atoms. The lowest BCUT2D eigenvalue weighted by Gasteiger charge is -2.07. The molecule has 2 rings (SSSR count). The van der Waals surface area contributed by atoms with E-state index < -0.39 is 10.1 Å². The van der Waals surface area contributed by atoms with Crippen molar-refractivity contribution in [1.29, 1.82) is 0 Å². The van der Waals surface area contributed by atoms with Gasteiger partial charge in [0.15, 0.2) is 0 Å². The van der Waals surface area contributed by atoms with Crippen molar-refractivity contribution in [2.75, 3.05) is 5.73 Å². The molecule has 0 aliphatic rings. The zero-order valence-corrected chi connectivity index (χ0v) is 8.90.